The Kier molecular flexibility index (Phi) is 5.54. The van der Waals surface area contributed by atoms with Gasteiger partial charge in [-0.2, -0.15) is 0 Å². The number of hydrogen-bond donors (Lipinski definition) is 0. The smallest absolute Gasteiger partial charge is 0.221 e. The molecule has 4 rings (SSSR count). The van der Waals surface area contributed by atoms with Gasteiger partial charge in [-0.25, -0.2) is 9.38 Å². The van der Waals surface area contributed by atoms with Crippen LogP contribution in [0.2, 0.25) is 5.02 Å². The van der Waals surface area contributed by atoms with E-state index in [2.05, 4.69) is 17.1 Å². The van der Waals surface area contributed by atoms with Crippen molar-refractivity contribution in [2.45, 2.75) is 26.0 Å². The van der Waals surface area contributed by atoms with Crippen LogP contribution >= 0.6 is 11.6 Å². The molecule has 3 aromatic carbocycles. The zero-order valence-electron chi connectivity index (χ0n) is 16.2. The second-order valence-electron chi connectivity index (χ2n) is 6.88. The van der Waals surface area contributed by atoms with Crippen LogP contribution in [0.25, 0.3) is 11.1 Å². The van der Waals surface area contributed by atoms with Gasteiger partial charge in [0.05, 0.1) is 17.2 Å². The van der Waals surface area contributed by atoms with E-state index in [1.807, 2.05) is 50.2 Å². The highest BCUT2D eigenvalue weighted by molar-refractivity contribution is 6.33. The van der Waals surface area contributed by atoms with Crippen molar-refractivity contribution < 1.29 is 13.9 Å². The number of rotatable bonds is 5. The van der Waals surface area contributed by atoms with Gasteiger partial charge in [-0.3, -0.25) is 0 Å². The minimum absolute atomic E-state index is 0.211. The standard InChI is InChI=1S/C24H21ClFNO2/c1-3-28-19-13-11-17(12-14-19)16-7-9-18(10-8-16)23-15(2)29-24(27-23)22-20(25)5-4-6-21(22)26/h4-15,23H,3H2,1-2H3. The van der Waals surface area contributed by atoms with Crippen molar-refractivity contribution in [3.8, 4) is 16.9 Å². The third-order valence-corrected chi connectivity index (χ3v) is 5.24. The van der Waals surface area contributed by atoms with Crippen molar-refractivity contribution in [3.05, 3.63) is 88.7 Å². The van der Waals surface area contributed by atoms with E-state index in [9.17, 15) is 4.39 Å². The van der Waals surface area contributed by atoms with Crippen molar-refractivity contribution in [2.75, 3.05) is 6.61 Å². The third kappa shape index (κ3) is 3.99. The van der Waals surface area contributed by atoms with Gasteiger partial charge in [0.1, 0.15) is 23.7 Å². The van der Waals surface area contributed by atoms with Crippen LogP contribution in [0.1, 0.15) is 31.0 Å². The molecular weight excluding hydrogens is 389 g/mol. The van der Waals surface area contributed by atoms with Crippen molar-refractivity contribution in [1.82, 2.24) is 0 Å². The number of benzene rings is 3. The van der Waals surface area contributed by atoms with Crippen molar-refractivity contribution in [2.24, 2.45) is 4.99 Å². The van der Waals surface area contributed by atoms with Crippen LogP contribution in [0.4, 0.5) is 4.39 Å². The van der Waals surface area contributed by atoms with E-state index >= 15 is 0 Å². The lowest BCUT2D eigenvalue weighted by Crippen LogP contribution is -2.13. The van der Waals surface area contributed by atoms with Gasteiger partial charge in [0, 0.05) is 0 Å². The topological polar surface area (TPSA) is 30.8 Å². The third-order valence-electron chi connectivity index (χ3n) is 4.93. The molecule has 0 saturated heterocycles. The maximum absolute atomic E-state index is 14.2. The molecule has 1 aliphatic rings. The molecule has 0 amide bonds. The molecule has 0 N–H and O–H groups in total. The summed E-state index contributed by atoms with van der Waals surface area (Å²) in [6.45, 7) is 4.54. The first-order valence-corrected chi connectivity index (χ1v) is 9.96. The Balaban J connectivity index is 1.58. The van der Waals surface area contributed by atoms with E-state index in [4.69, 9.17) is 21.1 Å². The maximum atomic E-state index is 14.2. The highest BCUT2D eigenvalue weighted by Crippen LogP contribution is 2.34. The molecule has 3 aromatic rings. The molecule has 0 aliphatic carbocycles. The van der Waals surface area contributed by atoms with Crippen LogP contribution in [-0.2, 0) is 4.74 Å². The highest BCUT2D eigenvalue weighted by Gasteiger charge is 2.31. The largest absolute Gasteiger partial charge is 0.494 e. The number of aliphatic imine (C=N–C) groups is 1. The lowest BCUT2D eigenvalue weighted by Gasteiger charge is -2.14. The summed E-state index contributed by atoms with van der Waals surface area (Å²) >= 11 is 6.16. The van der Waals surface area contributed by atoms with Crippen LogP contribution in [0, 0.1) is 5.82 Å². The second-order valence-corrected chi connectivity index (χ2v) is 7.29. The first kappa shape index (κ1) is 19.5. The summed E-state index contributed by atoms with van der Waals surface area (Å²) in [6, 6.07) is 20.5. The molecule has 3 nitrogen and oxygen atoms in total. The van der Waals surface area contributed by atoms with Crippen LogP contribution in [-0.4, -0.2) is 18.6 Å². The molecule has 0 fully saturated rings. The Morgan fingerprint density at radius 3 is 2.28 bits per heavy atom. The monoisotopic (exact) mass is 409 g/mol. The number of ether oxygens (including phenoxy) is 2. The van der Waals surface area contributed by atoms with Gasteiger partial charge in [-0.05, 0) is 54.8 Å². The Morgan fingerprint density at radius 1 is 1.00 bits per heavy atom. The van der Waals surface area contributed by atoms with Crippen molar-refractivity contribution >= 4 is 17.5 Å². The molecule has 5 heteroatoms. The lowest BCUT2D eigenvalue weighted by atomic mass is 9.99. The molecule has 0 radical (unpaired) electrons. The average molecular weight is 410 g/mol. The zero-order valence-corrected chi connectivity index (χ0v) is 17.0. The fourth-order valence-electron chi connectivity index (χ4n) is 3.46. The predicted molar refractivity (Wildman–Crippen MR) is 114 cm³/mol. The Morgan fingerprint density at radius 2 is 1.66 bits per heavy atom. The quantitative estimate of drug-likeness (QED) is 0.484. The van der Waals surface area contributed by atoms with Crippen molar-refractivity contribution in [1.29, 1.82) is 0 Å². The normalized spacial score (nSPS) is 18.3. The Hall–Kier alpha value is -2.85. The van der Waals surface area contributed by atoms with Gasteiger partial charge >= 0.3 is 0 Å². The van der Waals surface area contributed by atoms with E-state index < -0.39 is 5.82 Å². The Bertz CT molecular complexity index is 1010. The summed E-state index contributed by atoms with van der Waals surface area (Å²) < 4.78 is 25.6. The summed E-state index contributed by atoms with van der Waals surface area (Å²) in [4.78, 5) is 4.62. The zero-order chi connectivity index (χ0) is 20.4. The predicted octanol–water partition coefficient (Wildman–Crippen LogP) is 6.45. The first-order valence-electron chi connectivity index (χ1n) is 9.59. The molecule has 1 heterocycles. The van der Waals surface area contributed by atoms with Gasteiger partial charge in [-0.1, -0.05) is 54.1 Å². The molecule has 2 atom stereocenters. The van der Waals surface area contributed by atoms with Crippen molar-refractivity contribution in [3.63, 3.8) is 0 Å². The number of nitrogens with zero attached hydrogens (tertiary/aromatic N) is 1. The van der Waals surface area contributed by atoms with Gasteiger partial charge in [0.2, 0.25) is 5.90 Å². The molecule has 2 unspecified atom stereocenters. The van der Waals surface area contributed by atoms with Gasteiger partial charge in [0.25, 0.3) is 0 Å². The van der Waals surface area contributed by atoms with E-state index in [0.717, 1.165) is 22.4 Å². The van der Waals surface area contributed by atoms with Crippen LogP contribution < -0.4 is 4.74 Å². The number of halogens is 2. The van der Waals surface area contributed by atoms with Crippen LogP contribution in [0.5, 0.6) is 5.75 Å². The summed E-state index contributed by atoms with van der Waals surface area (Å²) in [5, 5.41) is 0.294. The molecule has 29 heavy (non-hydrogen) atoms. The van der Waals surface area contributed by atoms with Gasteiger partial charge in [-0.15, -0.1) is 0 Å². The summed E-state index contributed by atoms with van der Waals surface area (Å²) in [5.41, 5.74) is 3.44. The summed E-state index contributed by atoms with van der Waals surface area (Å²) in [6.07, 6.45) is -0.211. The molecule has 0 saturated carbocycles. The molecule has 0 aromatic heterocycles. The molecule has 1 aliphatic heterocycles. The second kappa shape index (κ2) is 8.26. The van der Waals surface area contributed by atoms with Gasteiger partial charge in [0.15, 0.2) is 0 Å². The van der Waals surface area contributed by atoms with E-state index in [1.165, 1.54) is 6.07 Å². The van der Waals surface area contributed by atoms with E-state index in [0.29, 0.717) is 11.6 Å². The molecule has 0 spiro atoms. The first-order chi connectivity index (χ1) is 14.1. The number of hydrogen-bond acceptors (Lipinski definition) is 3. The fraction of sp³-hybridized carbons (Fsp3) is 0.208. The minimum atomic E-state index is -0.435. The molecular formula is C24H21ClFNO2. The summed E-state index contributed by atoms with van der Waals surface area (Å²) in [7, 11) is 0. The Labute approximate surface area is 174 Å². The van der Waals surface area contributed by atoms with Gasteiger partial charge < -0.3 is 9.47 Å². The lowest BCUT2D eigenvalue weighted by molar-refractivity contribution is 0.213. The van der Waals surface area contributed by atoms with Crippen LogP contribution in [0.15, 0.2) is 71.7 Å². The fourth-order valence-corrected chi connectivity index (χ4v) is 3.70. The molecule has 0 bridgehead atoms. The molecule has 148 valence electrons. The SMILES string of the molecule is CCOc1ccc(-c2ccc(C3N=C(c4c(F)cccc4Cl)OC3C)cc2)cc1. The van der Waals surface area contributed by atoms with Crippen LogP contribution in [0.3, 0.4) is 0 Å². The van der Waals surface area contributed by atoms with E-state index in [-0.39, 0.29) is 23.6 Å². The minimum Gasteiger partial charge on any atom is -0.494 e. The summed E-state index contributed by atoms with van der Waals surface area (Å²) in [5.74, 6) is 0.676. The highest BCUT2D eigenvalue weighted by atomic mass is 35.5. The van der Waals surface area contributed by atoms with E-state index in [1.54, 1.807) is 12.1 Å². The maximum Gasteiger partial charge on any atom is 0.221 e. The average Bonchev–Trinajstić information content (AvgIpc) is 3.10.